The van der Waals surface area contributed by atoms with E-state index in [0.29, 0.717) is 12.1 Å². The Labute approximate surface area is 130 Å². The van der Waals surface area contributed by atoms with Crippen LogP contribution in [0.3, 0.4) is 0 Å². The van der Waals surface area contributed by atoms with Gasteiger partial charge in [-0.1, -0.05) is 0 Å². The molecule has 2 saturated heterocycles. The maximum Gasteiger partial charge on any atom is 0.0569 e. The largest absolute Gasteiger partial charge is 0.317 e. The first kappa shape index (κ1) is 14.0. The van der Waals surface area contributed by atoms with Crippen LogP contribution in [0.4, 0.5) is 0 Å². The molecule has 0 saturated carbocycles. The van der Waals surface area contributed by atoms with Gasteiger partial charge in [-0.15, -0.1) is 0 Å². The molecule has 2 aliphatic rings. The van der Waals surface area contributed by atoms with Crippen LogP contribution in [0.15, 0.2) is 24.8 Å². The Hall–Kier alpha value is -1.66. The summed E-state index contributed by atoms with van der Waals surface area (Å²) in [4.78, 5) is 0. The number of rotatable bonds is 3. The van der Waals surface area contributed by atoms with Gasteiger partial charge < -0.3 is 10.6 Å². The molecule has 118 valence electrons. The second-order valence-electron chi connectivity index (χ2n) is 6.38. The molecule has 0 aliphatic carbocycles. The van der Waals surface area contributed by atoms with Crippen molar-refractivity contribution in [1.29, 1.82) is 0 Å². The smallest absolute Gasteiger partial charge is 0.0569 e. The average Bonchev–Trinajstić information content (AvgIpc) is 3.26. The first-order valence-corrected chi connectivity index (χ1v) is 8.40. The van der Waals surface area contributed by atoms with E-state index < -0.39 is 0 Å². The Morgan fingerprint density at radius 1 is 0.727 bits per heavy atom. The minimum absolute atomic E-state index is 0.537. The van der Waals surface area contributed by atoms with Crippen molar-refractivity contribution in [2.75, 3.05) is 26.2 Å². The molecule has 2 N–H and O–H groups in total. The highest BCUT2D eigenvalue weighted by atomic mass is 15.3. The minimum atomic E-state index is 0.537. The summed E-state index contributed by atoms with van der Waals surface area (Å²) in [5, 5.41) is 16.0. The quantitative estimate of drug-likeness (QED) is 0.904. The number of nitrogens with zero attached hydrogens (tertiary/aromatic N) is 4. The average molecular weight is 300 g/mol. The standard InChI is InChI=1S/C16H24N6/c1-5-17-6-2-15(1)21-11-13(9-19-21)14-10-20-22(12-14)16-3-7-18-8-4-16/h9-12,15-18H,1-8H2. The maximum atomic E-state index is 4.58. The molecule has 0 amide bonds. The second-order valence-corrected chi connectivity index (χ2v) is 6.38. The van der Waals surface area contributed by atoms with Crippen molar-refractivity contribution in [2.45, 2.75) is 37.8 Å². The summed E-state index contributed by atoms with van der Waals surface area (Å²) < 4.78 is 4.27. The van der Waals surface area contributed by atoms with Crippen LogP contribution in [0.1, 0.15) is 37.8 Å². The van der Waals surface area contributed by atoms with Gasteiger partial charge in [-0.25, -0.2) is 0 Å². The van der Waals surface area contributed by atoms with Crippen molar-refractivity contribution < 1.29 is 0 Å². The highest BCUT2D eigenvalue weighted by Gasteiger charge is 2.18. The zero-order valence-electron chi connectivity index (χ0n) is 12.9. The molecule has 6 nitrogen and oxygen atoms in total. The summed E-state index contributed by atoms with van der Waals surface area (Å²) in [7, 11) is 0. The molecule has 22 heavy (non-hydrogen) atoms. The fourth-order valence-corrected chi connectivity index (χ4v) is 3.52. The molecule has 0 radical (unpaired) electrons. The third-order valence-corrected chi connectivity index (χ3v) is 4.90. The van der Waals surface area contributed by atoms with Crippen LogP contribution < -0.4 is 10.6 Å². The number of hydrogen-bond donors (Lipinski definition) is 2. The molecule has 4 rings (SSSR count). The second kappa shape index (κ2) is 6.22. The van der Waals surface area contributed by atoms with Gasteiger partial charge in [-0.05, 0) is 51.9 Å². The first-order valence-electron chi connectivity index (χ1n) is 8.40. The summed E-state index contributed by atoms with van der Waals surface area (Å²) >= 11 is 0. The topological polar surface area (TPSA) is 59.7 Å². The van der Waals surface area contributed by atoms with Crippen LogP contribution in [0.5, 0.6) is 0 Å². The molecular weight excluding hydrogens is 276 g/mol. The van der Waals surface area contributed by atoms with Gasteiger partial charge in [0.1, 0.15) is 0 Å². The van der Waals surface area contributed by atoms with E-state index >= 15 is 0 Å². The summed E-state index contributed by atoms with van der Waals surface area (Å²) in [5.41, 5.74) is 2.36. The Morgan fingerprint density at radius 2 is 1.14 bits per heavy atom. The summed E-state index contributed by atoms with van der Waals surface area (Å²) in [6.07, 6.45) is 13.0. The lowest BCUT2D eigenvalue weighted by atomic mass is 10.1. The van der Waals surface area contributed by atoms with E-state index in [4.69, 9.17) is 0 Å². The van der Waals surface area contributed by atoms with Gasteiger partial charge in [0.05, 0.1) is 24.5 Å². The molecule has 0 unspecified atom stereocenters. The van der Waals surface area contributed by atoms with E-state index in [1.807, 2.05) is 12.4 Å². The van der Waals surface area contributed by atoms with E-state index in [-0.39, 0.29) is 0 Å². The van der Waals surface area contributed by atoms with E-state index in [2.05, 4.69) is 42.6 Å². The van der Waals surface area contributed by atoms with Crippen LogP contribution in [-0.4, -0.2) is 45.7 Å². The van der Waals surface area contributed by atoms with Crippen LogP contribution in [0, 0.1) is 0 Å². The van der Waals surface area contributed by atoms with Gasteiger partial charge in [0, 0.05) is 23.5 Å². The number of piperidine rings is 2. The van der Waals surface area contributed by atoms with Gasteiger partial charge in [-0.2, -0.15) is 10.2 Å². The highest BCUT2D eigenvalue weighted by molar-refractivity contribution is 5.59. The molecule has 0 atom stereocenters. The Morgan fingerprint density at radius 3 is 1.55 bits per heavy atom. The number of aromatic nitrogens is 4. The van der Waals surface area contributed by atoms with Crippen LogP contribution >= 0.6 is 0 Å². The highest BCUT2D eigenvalue weighted by Crippen LogP contribution is 2.25. The Balaban J connectivity index is 1.50. The third-order valence-electron chi connectivity index (χ3n) is 4.90. The van der Waals surface area contributed by atoms with Crippen LogP contribution in [0.2, 0.25) is 0 Å². The lowest BCUT2D eigenvalue weighted by Gasteiger charge is -2.22. The number of hydrogen-bond acceptors (Lipinski definition) is 4. The van der Waals surface area contributed by atoms with Crippen molar-refractivity contribution in [2.24, 2.45) is 0 Å². The maximum absolute atomic E-state index is 4.58. The summed E-state index contributed by atoms with van der Waals surface area (Å²) in [6.45, 7) is 4.36. The molecular formula is C16H24N6. The lowest BCUT2D eigenvalue weighted by Crippen LogP contribution is -2.29. The lowest BCUT2D eigenvalue weighted by molar-refractivity contribution is 0.343. The molecule has 2 fully saturated rings. The predicted molar refractivity (Wildman–Crippen MR) is 85.7 cm³/mol. The van der Waals surface area contributed by atoms with E-state index in [9.17, 15) is 0 Å². The molecule has 2 aliphatic heterocycles. The van der Waals surface area contributed by atoms with Crippen LogP contribution in [-0.2, 0) is 0 Å². The predicted octanol–water partition coefficient (Wildman–Crippen LogP) is 1.60. The van der Waals surface area contributed by atoms with Gasteiger partial charge in [0.25, 0.3) is 0 Å². The van der Waals surface area contributed by atoms with Crippen LogP contribution in [0.25, 0.3) is 11.1 Å². The normalized spacial score (nSPS) is 21.3. The zero-order valence-corrected chi connectivity index (χ0v) is 12.9. The minimum Gasteiger partial charge on any atom is -0.317 e. The third kappa shape index (κ3) is 2.80. The Bertz CT molecular complexity index is 549. The SMILES string of the molecule is c1nn(C2CCNCC2)cc1-c1cnn(C2CCNCC2)c1. The van der Waals surface area contributed by atoms with Crippen molar-refractivity contribution in [3.63, 3.8) is 0 Å². The molecule has 0 bridgehead atoms. The first-order chi connectivity index (χ1) is 10.9. The van der Waals surface area contributed by atoms with Gasteiger partial charge >= 0.3 is 0 Å². The molecule has 0 aromatic carbocycles. The Kier molecular flexibility index (Phi) is 3.95. The molecule has 2 aromatic heterocycles. The molecule has 6 heteroatoms. The summed E-state index contributed by atoms with van der Waals surface area (Å²) in [5.74, 6) is 0. The summed E-state index contributed by atoms with van der Waals surface area (Å²) in [6, 6.07) is 1.07. The van der Waals surface area contributed by atoms with Gasteiger partial charge in [0.15, 0.2) is 0 Å². The number of nitrogens with one attached hydrogen (secondary N) is 2. The molecule has 0 spiro atoms. The van der Waals surface area contributed by atoms with Crippen molar-refractivity contribution in [3.8, 4) is 11.1 Å². The van der Waals surface area contributed by atoms with Crippen molar-refractivity contribution >= 4 is 0 Å². The van der Waals surface area contributed by atoms with Gasteiger partial charge in [0.2, 0.25) is 0 Å². The molecule has 2 aromatic rings. The fraction of sp³-hybridized carbons (Fsp3) is 0.625. The zero-order chi connectivity index (χ0) is 14.8. The van der Waals surface area contributed by atoms with E-state index in [1.165, 1.54) is 11.1 Å². The monoisotopic (exact) mass is 300 g/mol. The van der Waals surface area contributed by atoms with Crippen molar-refractivity contribution in [1.82, 2.24) is 30.2 Å². The van der Waals surface area contributed by atoms with E-state index in [1.54, 1.807) is 0 Å². The molecule has 4 heterocycles. The van der Waals surface area contributed by atoms with Gasteiger partial charge in [-0.3, -0.25) is 9.36 Å². The van der Waals surface area contributed by atoms with E-state index in [0.717, 1.165) is 51.9 Å². The fourth-order valence-electron chi connectivity index (χ4n) is 3.52. The van der Waals surface area contributed by atoms with Crippen molar-refractivity contribution in [3.05, 3.63) is 24.8 Å².